The fourth-order valence-electron chi connectivity index (χ4n) is 1.09. The van der Waals surface area contributed by atoms with Crippen molar-refractivity contribution in [3.63, 3.8) is 0 Å². The number of ether oxygens (including phenoxy) is 1. The lowest BCUT2D eigenvalue weighted by molar-refractivity contribution is 0.0981. The van der Waals surface area contributed by atoms with Crippen LogP contribution in [0.4, 0.5) is 0 Å². The standard InChI is InChI=1S/C11H11NO2/c1-3-4-5-10(13)9-6-7-12-8-11(9)14-2/h1,6-8H,4-5H2,2H3. The number of carbonyl (C=O) groups is 1. The fourth-order valence-corrected chi connectivity index (χ4v) is 1.09. The zero-order chi connectivity index (χ0) is 10.4. The zero-order valence-corrected chi connectivity index (χ0v) is 7.99. The first-order valence-corrected chi connectivity index (χ1v) is 4.24. The molecule has 0 N–H and O–H groups in total. The van der Waals surface area contributed by atoms with Gasteiger partial charge >= 0.3 is 0 Å². The smallest absolute Gasteiger partial charge is 0.167 e. The maximum atomic E-state index is 11.6. The summed E-state index contributed by atoms with van der Waals surface area (Å²) in [5.41, 5.74) is 0.540. The SMILES string of the molecule is C#CCCC(=O)c1ccncc1OC. The number of methoxy groups -OCH3 is 1. The summed E-state index contributed by atoms with van der Waals surface area (Å²) < 4.78 is 5.01. The second kappa shape index (κ2) is 5.03. The summed E-state index contributed by atoms with van der Waals surface area (Å²) in [7, 11) is 1.51. The van der Waals surface area contributed by atoms with Gasteiger partial charge in [0.2, 0.25) is 0 Å². The molecule has 1 aromatic heterocycles. The second-order valence-electron chi connectivity index (χ2n) is 2.70. The van der Waals surface area contributed by atoms with E-state index in [0.29, 0.717) is 24.2 Å². The van der Waals surface area contributed by atoms with Gasteiger partial charge in [0.25, 0.3) is 0 Å². The van der Waals surface area contributed by atoms with Crippen LogP contribution >= 0.6 is 0 Å². The quantitative estimate of drug-likeness (QED) is 0.534. The minimum Gasteiger partial charge on any atom is -0.494 e. The molecular formula is C11H11NO2. The first-order valence-electron chi connectivity index (χ1n) is 4.24. The predicted octanol–water partition coefficient (Wildman–Crippen LogP) is 1.69. The Morgan fingerprint density at radius 2 is 2.50 bits per heavy atom. The normalized spacial score (nSPS) is 9.14. The highest BCUT2D eigenvalue weighted by Gasteiger charge is 2.10. The average molecular weight is 189 g/mol. The van der Waals surface area contributed by atoms with Gasteiger partial charge in [-0.25, -0.2) is 0 Å². The highest BCUT2D eigenvalue weighted by molar-refractivity contribution is 5.98. The van der Waals surface area contributed by atoms with Crippen LogP contribution in [0.3, 0.4) is 0 Å². The molecule has 0 bridgehead atoms. The molecule has 0 unspecified atom stereocenters. The summed E-state index contributed by atoms with van der Waals surface area (Å²) in [6.45, 7) is 0. The number of ketones is 1. The number of terminal acetylenes is 1. The number of aromatic nitrogens is 1. The molecule has 72 valence electrons. The third-order valence-electron chi connectivity index (χ3n) is 1.80. The number of pyridine rings is 1. The van der Waals surface area contributed by atoms with Crippen molar-refractivity contribution < 1.29 is 9.53 Å². The lowest BCUT2D eigenvalue weighted by Gasteiger charge is -2.04. The number of rotatable bonds is 4. The molecule has 0 amide bonds. The van der Waals surface area contributed by atoms with Crippen molar-refractivity contribution in [1.29, 1.82) is 0 Å². The number of nitrogens with zero attached hydrogens (tertiary/aromatic N) is 1. The molecule has 3 nitrogen and oxygen atoms in total. The maximum absolute atomic E-state index is 11.6. The number of Topliss-reactive ketones (excluding diaryl/α,β-unsaturated/α-hetero) is 1. The van der Waals surface area contributed by atoms with E-state index in [4.69, 9.17) is 11.2 Å². The van der Waals surface area contributed by atoms with Crippen LogP contribution in [0.15, 0.2) is 18.5 Å². The van der Waals surface area contributed by atoms with E-state index in [-0.39, 0.29) is 5.78 Å². The van der Waals surface area contributed by atoms with Gasteiger partial charge in [0.05, 0.1) is 18.9 Å². The summed E-state index contributed by atoms with van der Waals surface area (Å²) in [4.78, 5) is 15.4. The monoisotopic (exact) mass is 189 g/mol. The first kappa shape index (κ1) is 10.3. The maximum Gasteiger partial charge on any atom is 0.167 e. The van der Waals surface area contributed by atoms with E-state index in [1.807, 2.05) is 0 Å². The van der Waals surface area contributed by atoms with Crippen molar-refractivity contribution >= 4 is 5.78 Å². The molecule has 0 aliphatic carbocycles. The Hall–Kier alpha value is -1.82. The molecule has 0 atom stereocenters. The zero-order valence-electron chi connectivity index (χ0n) is 7.99. The molecule has 0 saturated heterocycles. The Balaban J connectivity index is 2.84. The Morgan fingerprint density at radius 1 is 1.71 bits per heavy atom. The summed E-state index contributed by atoms with van der Waals surface area (Å²) in [5, 5.41) is 0. The van der Waals surface area contributed by atoms with Crippen molar-refractivity contribution in [2.24, 2.45) is 0 Å². The first-order chi connectivity index (χ1) is 6.79. The van der Waals surface area contributed by atoms with E-state index >= 15 is 0 Å². The van der Waals surface area contributed by atoms with Crippen molar-refractivity contribution in [2.45, 2.75) is 12.8 Å². The van der Waals surface area contributed by atoms with Crippen LogP contribution in [0, 0.1) is 12.3 Å². The molecular weight excluding hydrogens is 178 g/mol. The van der Waals surface area contributed by atoms with Gasteiger partial charge in [0.1, 0.15) is 5.75 Å². The molecule has 0 spiro atoms. The molecule has 14 heavy (non-hydrogen) atoms. The molecule has 0 saturated carbocycles. The Bertz CT molecular complexity index is 366. The fraction of sp³-hybridized carbons (Fsp3) is 0.273. The van der Waals surface area contributed by atoms with Crippen LogP contribution in [-0.4, -0.2) is 17.9 Å². The summed E-state index contributed by atoms with van der Waals surface area (Å²) in [6, 6.07) is 1.64. The number of hydrogen-bond donors (Lipinski definition) is 0. The van der Waals surface area contributed by atoms with Crippen molar-refractivity contribution in [1.82, 2.24) is 4.98 Å². The molecule has 1 rings (SSSR count). The van der Waals surface area contributed by atoms with Crippen molar-refractivity contribution in [2.75, 3.05) is 7.11 Å². The van der Waals surface area contributed by atoms with E-state index in [2.05, 4.69) is 10.9 Å². The molecule has 0 aliphatic rings. The molecule has 0 fully saturated rings. The Kier molecular flexibility index (Phi) is 3.69. The van der Waals surface area contributed by atoms with E-state index in [0.717, 1.165) is 0 Å². The summed E-state index contributed by atoms with van der Waals surface area (Å²) >= 11 is 0. The highest BCUT2D eigenvalue weighted by atomic mass is 16.5. The molecule has 3 heteroatoms. The van der Waals surface area contributed by atoms with Gasteiger partial charge < -0.3 is 4.74 Å². The molecule has 0 aliphatic heterocycles. The van der Waals surface area contributed by atoms with Gasteiger partial charge in [-0.2, -0.15) is 0 Å². The highest BCUT2D eigenvalue weighted by Crippen LogP contribution is 2.17. The van der Waals surface area contributed by atoms with Crippen LogP contribution in [-0.2, 0) is 0 Å². The largest absolute Gasteiger partial charge is 0.494 e. The number of hydrogen-bond acceptors (Lipinski definition) is 3. The van der Waals surface area contributed by atoms with Crippen molar-refractivity contribution in [3.8, 4) is 18.1 Å². The molecule has 0 radical (unpaired) electrons. The lowest BCUT2D eigenvalue weighted by atomic mass is 10.1. The van der Waals surface area contributed by atoms with Crippen LogP contribution in [0.5, 0.6) is 5.75 Å². The second-order valence-corrected chi connectivity index (χ2v) is 2.70. The van der Waals surface area contributed by atoms with Crippen molar-refractivity contribution in [3.05, 3.63) is 24.0 Å². The molecule has 1 aromatic rings. The average Bonchev–Trinajstić information content (AvgIpc) is 2.25. The number of carbonyl (C=O) groups excluding carboxylic acids is 1. The van der Waals surface area contributed by atoms with Gasteiger partial charge in [-0.05, 0) is 6.07 Å². The van der Waals surface area contributed by atoms with Crippen LogP contribution < -0.4 is 4.74 Å². The minimum absolute atomic E-state index is 0.0119. The topological polar surface area (TPSA) is 39.2 Å². The molecule has 1 heterocycles. The lowest BCUT2D eigenvalue weighted by Crippen LogP contribution is -2.02. The van der Waals surface area contributed by atoms with E-state index in [9.17, 15) is 4.79 Å². The summed E-state index contributed by atoms with van der Waals surface area (Å²) in [5.74, 6) is 2.91. The van der Waals surface area contributed by atoms with Crippen LogP contribution in [0.2, 0.25) is 0 Å². The molecule has 0 aromatic carbocycles. The van der Waals surface area contributed by atoms with Gasteiger partial charge in [-0.3, -0.25) is 9.78 Å². The van der Waals surface area contributed by atoms with Crippen LogP contribution in [0.25, 0.3) is 0 Å². The van der Waals surface area contributed by atoms with E-state index in [1.165, 1.54) is 13.3 Å². The predicted molar refractivity (Wildman–Crippen MR) is 53.2 cm³/mol. The minimum atomic E-state index is -0.0119. The third-order valence-corrected chi connectivity index (χ3v) is 1.80. The Labute approximate surface area is 83.1 Å². The third kappa shape index (κ3) is 2.33. The Morgan fingerprint density at radius 3 is 3.14 bits per heavy atom. The van der Waals surface area contributed by atoms with Gasteiger partial charge in [0.15, 0.2) is 5.78 Å². The van der Waals surface area contributed by atoms with E-state index < -0.39 is 0 Å². The van der Waals surface area contributed by atoms with Gasteiger partial charge in [0, 0.05) is 19.0 Å². The van der Waals surface area contributed by atoms with Gasteiger partial charge in [-0.15, -0.1) is 12.3 Å². The van der Waals surface area contributed by atoms with Gasteiger partial charge in [-0.1, -0.05) is 0 Å². The van der Waals surface area contributed by atoms with Crippen LogP contribution in [0.1, 0.15) is 23.2 Å². The van der Waals surface area contributed by atoms with E-state index in [1.54, 1.807) is 12.3 Å². The summed E-state index contributed by atoms with van der Waals surface area (Å²) in [6.07, 6.45) is 8.95.